The molecule has 6 heteroatoms. The number of rotatable bonds is 6. The summed E-state index contributed by atoms with van der Waals surface area (Å²) < 4.78 is 16.6. The predicted octanol–water partition coefficient (Wildman–Crippen LogP) is 4.56. The van der Waals surface area contributed by atoms with Crippen molar-refractivity contribution in [3.63, 3.8) is 0 Å². The van der Waals surface area contributed by atoms with Gasteiger partial charge in [-0.15, -0.1) is 0 Å². The van der Waals surface area contributed by atoms with Crippen molar-refractivity contribution in [3.8, 4) is 0 Å². The van der Waals surface area contributed by atoms with Gasteiger partial charge in [-0.1, -0.05) is 25.0 Å². The summed E-state index contributed by atoms with van der Waals surface area (Å²) in [6.45, 7) is 7.84. The molecule has 3 saturated carbocycles. The Kier molecular flexibility index (Phi) is 6.60. The molecule has 6 nitrogen and oxygen atoms in total. The molecule has 0 heterocycles. The number of ketones is 1. The molecule has 4 aliphatic carbocycles. The van der Waals surface area contributed by atoms with Gasteiger partial charge in [0.25, 0.3) is 0 Å². The van der Waals surface area contributed by atoms with Crippen LogP contribution in [0.5, 0.6) is 0 Å². The Balaban J connectivity index is 1.64. The van der Waals surface area contributed by atoms with E-state index in [0.717, 1.165) is 44.1 Å². The van der Waals surface area contributed by atoms with E-state index < -0.39 is 6.10 Å². The molecule has 0 N–H and O–H groups in total. The van der Waals surface area contributed by atoms with Gasteiger partial charge in [0.2, 0.25) is 0 Å². The Morgan fingerprint density at radius 2 is 1.82 bits per heavy atom. The number of carbonyl (C=O) groups is 3. The maximum absolute atomic E-state index is 12.6. The van der Waals surface area contributed by atoms with Gasteiger partial charge in [-0.3, -0.25) is 14.4 Å². The van der Waals surface area contributed by atoms with E-state index in [-0.39, 0.29) is 34.7 Å². The van der Waals surface area contributed by atoms with Crippen LogP contribution in [0.1, 0.15) is 72.6 Å². The largest absolute Gasteiger partial charge is 0.462 e. The summed E-state index contributed by atoms with van der Waals surface area (Å²) in [5, 5.41) is 0. The number of ether oxygens (including phenoxy) is 3. The van der Waals surface area contributed by atoms with E-state index in [1.807, 2.05) is 6.08 Å². The third-order valence-electron chi connectivity index (χ3n) is 9.25. The third-order valence-corrected chi connectivity index (χ3v) is 9.25. The van der Waals surface area contributed by atoms with Gasteiger partial charge in [-0.2, -0.15) is 0 Å². The maximum Gasteiger partial charge on any atom is 0.302 e. The minimum Gasteiger partial charge on any atom is -0.462 e. The first-order chi connectivity index (χ1) is 15.6. The lowest BCUT2D eigenvalue weighted by Gasteiger charge is -2.58. The molecule has 0 spiro atoms. The minimum absolute atomic E-state index is 0.00342. The molecule has 4 rings (SSSR count). The van der Waals surface area contributed by atoms with Crippen LogP contribution >= 0.6 is 0 Å². The second-order valence-electron chi connectivity index (χ2n) is 11.0. The summed E-state index contributed by atoms with van der Waals surface area (Å²) in [5.41, 5.74) is 2.10. The highest BCUT2D eigenvalue weighted by Gasteiger charge is 2.60. The predicted molar refractivity (Wildman–Crippen MR) is 123 cm³/mol. The van der Waals surface area contributed by atoms with E-state index in [4.69, 9.17) is 14.2 Å². The van der Waals surface area contributed by atoms with Crippen LogP contribution in [0.4, 0.5) is 0 Å². The van der Waals surface area contributed by atoms with Gasteiger partial charge in [0.1, 0.15) is 12.2 Å². The summed E-state index contributed by atoms with van der Waals surface area (Å²) in [7, 11) is 1.60. The molecule has 0 saturated heterocycles. The van der Waals surface area contributed by atoms with E-state index in [2.05, 4.69) is 13.8 Å². The van der Waals surface area contributed by atoms with Gasteiger partial charge in [-0.25, -0.2) is 0 Å². The van der Waals surface area contributed by atoms with Crippen molar-refractivity contribution in [3.05, 3.63) is 23.3 Å². The highest BCUT2D eigenvalue weighted by molar-refractivity contribution is 6.02. The SMILES string of the molecule is COC[C@@H](CC1=CC(=O)C=C2CC[C@@H]3[C@H](CC[C@]4(C)[C@@H](OC(C)=O)CC[C@@H]34)[C@]21C)OC(C)=O. The lowest BCUT2D eigenvalue weighted by Crippen LogP contribution is -2.52. The molecule has 0 unspecified atom stereocenters. The number of hydrogen-bond acceptors (Lipinski definition) is 6. The average Bonchev–Trinajstić information content (AvgIpc) is 3.04. The van der Waals surface area contributed by atoms with Crippen molar-refractivity contribution in [2.45, 2.75) is 84.8 Å². The van der Waals surface area contributed by atoms with E-state index >= 15 is 0 Å². The number of carbonyl (C=O) groups excluding carboxylic acids is 3. The molecule has 0 amide bonds. The normalized spacial score (nSPS) is 38.3. The zero-order chi connectivity index (χ0) is 24.0. The molecular formula is C27H38O6. The number of fused-ring (bicyclic) bond motifs is 5. The van der Waals surface area contributed by atoms with E-state index in [1.54, 1.807) is 13.2 Å². The first kappa shape index (κ1) is 24.2. The van der Waals surface area contributed by atoms with Gasteiger partial charge < -0.3 is 14.2 Å². The second kappa shape index (κ2) is 9.01. The van der Waals surface area contributed by atoms with Gasteiger partial charge in [-0.05, 0) is 68.4 Å². The van der Waals surface area contributed by atoms with Crippen LogP contribution in [0.2, 0.25) is 0 Å². The molecule has 182 valence electrons. The van der Waals surface area contributed by atoms with E-state index in [9.17, 15) is 14.4 Å². The number of methoxy groups -OCH3 is 1. The smallest absolute Gasteiger partial charge is 0.302 e. The molecule has 0 aliphatic heterocycles. The molecule has 7 atom stereocenters. The maximum atomic E-state index is 12.6. The van der Waals surface area contributed by atoms with Crippen LogP contribution in [0.3, 0.4) is 0 Å². The quantitative estimate of drug-likeness (QED) is 0.543. The second-order valence-corrected chi connectivity index (χ2v) is 11.0. The zero-order valence-electron chi connectivity index (χ0n) is 20.6. The molecule has 3 fully saturated rings. The molecule has 0 bridgehead atoms. The fraction of sp³-hybridized carbons (Fsp3) is 0.741. The molecular weight excluding hydrogens is 420 g/mol. The summed E-state index contributed by atoms with van der Waals surface area (Å²) >= 11 is 0. The monoisotopic (exact) mass is 458 g/mol. The Morgan fingerprint density at radius 1 is 1.06 bits per heavy atom. The van der Waals surface area contributed by atoms with Crippen molar-refractivity contribution in [1.82, 2.24) is 0 Å². The zero-order valence-corrected chi connectivity index (χ0v) is 20.6. The molecule has 0 aromatic rings. The third kappa shape index (κ3) is 4.20. The van der Waals surface area contributed by atoms with Gasteiger partial charge in [0, 0.05) is 38.2 Å². The van der Waals surface area contributed by atoms with E-state index in [0.29, 0.717) is 30.8 Å². The Labute approximate surface area is 197 Å². The molecule has 0 radical (unpaired) electrons. The van der Waals surface area contributed by atoms with Gasteiger partial charge >= 0.3 is 11.9 Å². The molecule has 33 heavy (non-hydrogen) atoms. The topological polar surface area (TPSA) is 78.9 Å². The molecule has 4 aliphatic rings. The van der Waals surface area contributed by atoms with Crippen molar-refractivity contribution < 1.29 is 28.6 Å². The van der Waals surface area contributed by atoms with Crippen molar-refractivity contribution in [1.29, 1.82) is 0 Å². The first-order valence-corrected chi connectivity index (χ1v) is 12.4. The van der Waals surface area contributed by atoms with Crippen LogP contribution in [0.25, 0.3) is 0 Å². The van der Waals surface area contributed by atoms with Gasteiger partial charge in [0.15, 0.2) is 5.78 Å². The molecule has 0 aromatic carbocycles. The standard InChI is InChI=1S/C27H38O6/c1-16(28)32-21(15-31-5)14-19-13-20(30)12-18-6-7-22-23-8-9-25(33-17(2)29)26(23,3)11-10-24(22)27(18,19)4/h12-13,21-25H,6-11,14-15H2,1-5H3/t21-,22+,23+,24+,25+,26+,27-/m1/s1. The Bertz CT molecular complexity index is 887. The minimum atomic E-state index is -0.406. The number of allylic oxidation sites excluding steroid dienone is 3. The van der Waals surface area contributed by atoms with E-state index in [1.165, 1.54) is 19.4 Å². The Hall–Kier alpha value is -1.95. The van der Waals surface area contributed by atoms with Crippen LogP contribution in [0, 0.1) is 28.6 Å². The fourth-order valence-electron chi connectivity index (χ4n) is 7.85. The first-order valence-electron chi connectivity index (χ1n) is 12.4. The lowest BCUT2D eigenvalue weighted by molar-refractivity contribution is -0.156. The van der Waals surface area contributed by atoms with Crippen LogP contribution in [-0.2, 0) is 28.6 Å². The molecule has 0 aromatic heterocycles. The Morgan fingerprint density at radius 3 is 2.48 bits per heavy atom. The van der Waals surface area contributed by atoms with Gasteiger partial charge in [0.05, 0.1) is 6.61 Å². The van der Waals surface area contributed by atoms with Crippen molar-refractivity contribution in [2.75, 3.05) is 13.7 Å². The fourth-order valence-corrected chi connectivity index (χ4v) is 7.85. The highest BCUT2D eigenvalue weighted by atomic mass is 16.6. The summed E-state index contributed by atoms with van der Waals surface area (Å²) in [5.74, 6) is 0.977. The van der Waals surface area contributed by atoms with Crippen LogP contribution in [0.15, 0.2) is 23.3 Å². The van der Waals surface area contributed by atoms with Crippen molar-refractivity contribution >= 4 is 17.7 Å². The number of hydrogen-bond donors (Lipinski definition) is 0. The highest BCUT2D eigenvalue weighted by Crippen LogP contribution is 2.66. The lowest BCUT2D eigenvalue weighted by atomic mass is 9.46. The average molecular weight is 459 g/mol. The van der Waals surface area contributed by atoms with Crippen LogP contribution < -0.4 is 0 Å². The summed E-state index contributed by atoms with van der Waals surface area (Å²) in [4.78, 5) is 36.0. The van der Waals surface area contributed by atoms with Crippen LogP contribution in [-0.4, -0.2) is 43.6 Å². The summed E-state index contributed by atoms with van der Waals surface area (Å²) in [6.07, 6.45) is 9.80. The number of esters is 2. The van der Waals surface area contributed by atoms with Crippen molar-refractivity contribution in [2.24, 2.45) is 28.6 Å². The summed E-state index contributed by atoms with van der Waals surface area (Å²) in [6, 6.07) is 0.